The summed E-state index contributed by atoms with van der Waals surface area (Å²) >= 11 is 12.7. The predicted octanol–water partition coefficient (Wildman–Crippen LogP) is 7.90. The van der Waals surface area contributed by atoms with Gasteiger partial charge in [0.2, 0.25) is 6.23 Å². The minimum atomic E-state index is -0.421. The third-order valence-electron chi connectivity index (χ3n) is 6.25. The van der Waals surface area contributed by atoms with E-state index in [2.05, 4.69) is 54.6 Å². The molecule has 6 rings (SSSR count). The van der Waals surface area contributed by atoms with Gasteiger partial charge in [-0.2, -0.15) is 5.10 Å². The summed E-state index contributed by atoms with van der Waals surface area (Å²) in [5.41, 5.74) is 6.53. The van der Waals surface area contributed by atoms with Gasteiger partial charge in [-0.25, -0.2) is 5.01 Å². The Morgan fingerprint density at radius 3 is 2.21 bits per heavy atom. The number of hydrogen-bond acceptors (Lipinski definition) is 3. The summed E-state index contributed by atoms with van der Waals surface area (Å²) in [6.45, 7) is 0. The molecule has 0 aliphatic carbocycles. The molecule has 162 valence electrons. The molecule has 5 heteroatoms. The molecule has 4 aromatic rings. The van der Waals surface area contributed by atoms with Crippen molar-refractivity contribution in [1.29, 1.82) is 0 Å². The first kappa shape index (κ1) is 20.3. The molecular weight excluding hydrogens is 451 g/mol. The predicted molar refractivity (Wildman–Crippen MR) is 134 cm³/mol. The van der Waals surface area contributed by atoms with Crippen LogP contribution in [0, 0.1) is 0 Å². The highest BCUT2D eigenvalue weighted by Gasteiger charge is 2.41. The van der Waals surface area contributed by atoms with Crippen molar-refractivity contribution in [3.05, 3.63) is 124 Å². The molecule has 0 fully saturated rings. The second-order valence-electron chi connectivity index (χ2n) is 8.26. The largest absolute Gasteiger partial charge is 0.464 e. The van der Waals surface area contributed by atoms with Crippen LogP contribution in [0.1, 0.15) is 35.4 Å². The van der Waals surface area contributed by atoms with E-state index >= 15 is 0 Å². The van der Waals surface area contributed by atoms with Gasteiger partial charge in [0.05, 0.1) is 16.8 Å². The Morgan fingerprint density at radius 2 is 1.42 bits per heavy atom. The van der Waals surface area contributed by atoms with Crippen molar-refractivity contribution in [2.24, 2.45) is 5.10 Å². The molecule has 0 unspecified atom stereocenters. The van der Waals surface area contributed by atoms with Crippen molar-refractivity contribution in [2.45, 2.75) is 18.7 Å². The van der Waals surface area contributed by atoms with Gasteiger partial charge in [-0.3, -0.25) is 0 Å². The normalized spacial score (nSPS) is 18.8. The highest BCUT2D eigenvalue weighted by atomic mass is 35.5. The standard InChI is InChI=1S/C28H20Cl2N2O/c29-21-14-15-22(24(30)16-21)28-32-26(23-8-4-5-9-27(23)33-28)17-25(31-32)20-12-10-19(11-13-20)18-6-2-1-3-7-18/h1-16,26,28H,17H2/t26-,28+/m0/s1. The summed E-state index contributed by atoms with van der Waals surface area (Å²) in [5, 5.41) is 8.24. The molecule has 3 nitrogen and oxygen atoms in total. The second-order valence-corrected chi connectivity index (χ2v) is 9.11. The lowest BCUT2D eigenvalue weighted by Gasteiger charge is -2.38. The van der Waals surface area contributed by atoms with Crippen molar-refractivity contribution in [3.63, 3.8) is 0 Å². The van der Waals surface area contributed by atoms with Crippen molar-refractivity contribution in [3.8, 4) is 16.9 Å². The van der Waals surface area contributed by atoms with Crippen LogP contribution in [0.25, 0.3) is 11.1 Å². The molecule has 0 saturated carbocycles. The summed E-state index contributed by atoms with van der Waals surface area (Å²) in [6.07, 6.45) is 0.378. The van der Waals surface area contributed by atoms with E-state index in [9.17, 15) is 0 Å². The molecule has 2 atom stereocenters. The molecule has 0 aromatic heterocycles. The first-order valence-corrected chi connectivity index (χ1v) is 11.7. The Labute approximate surface area is 202 Å². The molecule has 33 heavy (non-hydrogen) atoms. The number of hydrazone groups is 1. The fraction of sp³-hybridized carbons (Fsp3) is 0.107. The van der Waals surface area contributed by atoms with E-state index in [1.54, 1.807) is 6.07 Å². The Morgan fingerprint density at radius 1 is 0.727 bits per heavy atom. The average molecular weight is 471 g/mol. The number of ether oxygens (including phenoxy) is 1. The van der Waals surface area contributed by atoms with Crippen LogP contribution in [0.5, 0.6) is 5.75 Å². The van der Waals surface area contributed by atoms with Crippen LogP contribution in [0.2, 0.25) is 10.0 Å². The van der Waals surface area contributed by atoms with Crippen molar-refractivity contribution >= 4 is 28.9 Å². The first-order valence-electron chi connectivity index (χ1n) is 10.9. The smallest absolute Gasteiger partial charge is 0.215 e. The van der Waals surface area contributed by atoms with Gasteiger partial charge >= 0.3 is 0 Å². The molecule has 0 radical (unpaired) electrons. The lowest BCUT2D eigenvalue weighted by atomic mass is 9.95. The van der Waals surface area contributed by atoms with Crippen LogP contribution < -0.4 is 4.74 Å². The van der Waals surface area contributed by atoms with Gasteiger partial charge in [0.1, 0.15) is 5.75 Å². The molecular formula is C28H20Cl2N2O. The van der Waals surface area contributed by atoms with Gasteiger partial charge in [-0.15, -0.1) is 0 Å². The summed E-state index contributed by atoms with van der Waals surface area (Å²) in [5.74, 6) is 0.866. The number of benzene rings is 4. The number of fused-ring (bicyclic) bond motifs is 3. The van der Waals surface area contributed by atoms with Gasteiger partial charge < -0.3 is 4.74 Å². The van der Waals surface area contributed by atoms with E-state index in [1.165, 1.54) is 11.1 Å². The maximum Gasteiger partial charge on any atom is 0.215 e. The molecule has 2 aliphatic rings. The van der Waals surface area contributed by atoms with Crippen molar-refractivity contribution < 1.29 is 4.74 Å². The van der Waals surface area contributed by atoms with Gasteiger partial charge in [0, 0.05) is 22.6 Å². The maximum atomic E-state index is 6.57. The Balaban J connectivity index is 1.38. The minimum absolute atomic E-state index is 0.0792. The summed E-state index contributed by atoms with van der Waals surface area (Å²) < 4.78 is 6.41. The van der Waals surface area contributed by atoms with Crippen LogP contribution in [0.4, 0.5) is 0 Å². The van der Waals surface area contributed by atoms with Crippen LogP contribution >= 0.6 is 23.2 Å². The molecule has 2 aliphatic heterocycles. The SMILES string of the molecule is Clc1ccc([C@H]2Oc3ccccc3[C@@H]3CC(c4ccc(-c5ccccc5)cc4)=NN23)c(Cl)c1. The summed E-state index contributed by atoms with van der Waals surface area (Å²) in [6, 6.07) is 32.8. The fourth-order valence-corrected chi connectivity index (χ4v) is 5.10. The highest BCUT2D eigenvalue weighted by molar-refractivity contribution is 6.35. The Hall–Kier alpha value is -3.27. The third kappa shape index (κ3) is 3.68. The van der Waals surface area contributed by atoms with E-state index in [0.29, 0.717) is 10.0 Å². The number of hydrogen-bond donors (Lipinski definition) is 0. The molecule has 0 saturated heterocycles. The van der Waals surface area contributed by atoms with E-state index in [1.807, 2.05) is 41.4 Å². The number of para-hydroxylation sites is 1. The van der Waals surface area contributed by atoms with Crippen molar-refractivity contribution in [1.82, 2.24) is 5.01 Å². The molecule has 0 spiro atoms. The summed E-state index contributed by atoms with van der Waals surface area (Å²) in [4.78, 5) is 0. The molecule has 0 N–H and O–H groups in total. The molecule has 2 heterocycles. The van der Waals surface area contributed by atoms with Crippen LogP contribution in [0.3, 0.4) is 0 Å². The lowest BCUT2D eigenvalue weighted by molar-refractivity contribution is -0.0189. The zero-order chi connectivity index (χ0) is 22.4. The third-order valence-corrected chi connectivity index (χ3v) is 6.82. The molecule has 0 amide bonds. The van der Waals surface area contributed by atoms with E-state index in [-0.39, 0.29) is 6.04 Å². The quantitative estimate of drug-likeness (QED) is 0.303. The summed E-state index contributed by atoms with van der Waals surface area (Å²) in [7, 11) is 0. The number of rotatable bonds is 3. The zero-order valence-electron chi connectivity index (χ0n) is 17.7. The minimum Gasteiger partial charge on any atom is -0.464 e. The second kappa shape index (κ2) is 8.26. The molecule has 4 aromatic carbocycles. The Kier molecular flexibility index (Phi) is 5.09. The van der Waals surface area contributed by atoms with Gasteiger partial charge in [0.15, 0.2) is 0 Å². The Bertz CT molecular complexity index is 1350. The van der Waals surface area contributed by atoms with Gasteiger partial charge in [-0.05, 0) is 34.9 Å². The fourth-order valence-electron chi connectivity index (χ4n) is 4.60. The monoisotopic (exact) mass is 470 g/mol. The van der Waals surface area contributed by atoms with E-state index in [4.69, 9.17) is 33.0 Å². The van der Waals surface area contributed by atoms with Gasteiger partial charge in [-0.1, -0.05) is 102 Å². The van der Waals surface area contributed by atoms with E-state index < -0.39 is 6.23 Å². The zero-order valence-corrected chi connectivity index (χ0v) is 19.2. The molecule has 0 bridgehead atoms. The van der Waals surface area contributed by atoms with Crippen LogP contribution in [-0.2, 0) is 0 Å². The average Bonchev–Trinajstić information content (AvgIpc) is 3.30. The first-order chi connectivity index (χ1) is 16.2. The van der Waals surface area contributed by atoms with Crippen molar-refractivity contribution in [2.75, 3.05) is 0 Å². The highest BCUT2D eigenvalue weighted by Crippen LogP contribution is 2.48. The topological polar surface area (TPSA) is 24.8 Å². The van der Waals surface area contributed by atoms with Crippen LogP contribution in [-0.4, -0.2) is 10.7 Å². The maximum absolute atomic E-state index is 6.57. The number of nitrogens with zero attached hydrogens (tertiary/aromatic N) is 2. The number of halogens is 2. The van der Waals surface area contributed by atoms with E-state index in [0.717, 1.165) is 34.6 Å². The van der Waals surface area contributed by atoms with Crippen LogP contribution in [0.15, 0.2) is 102 Å². The lowest BCUT2D eigenvalue weighted by Crippen LogP contribution is -2.33. The van der Waals surface area contributed by atoms with Gasteiger partial charge in [0.25, 0.3) is 0 Å².